The molecule has 2 amide bonds. The summed E-state index contributed by atoms with van der Waals surface area (Å²) >= 11 is 0. The SMILES string of the molecule is CCCN(CCC)C(=O)c1cc(C(=O)N(Cc2cccc(CC)c2)C[C@@H](O)[C@@H](N)Cc2cc(F)cc(F)c2)cc(S(=O)(=O)NCCCO)c1. The predicted octanol–water partition coefficient (Wildman–Crippen LogP) is 4.02. The molecular weight excluding hydrogens is 654 g/mol. The van der Waals surface area contributed by atoms with Gasteiger partial charge in [0.15, 0.2) is 0 Å². The van der Waals surface area contributed by atoms with E-state index >= 15 is 0 Å². The van der Waals surface area contributed by atoms with Gasteiger partial charge in [0.2, 0.25) is 10.0 Å². The second-order valence-electron chi connectivity index (χ2n) is 12.1. The summed E-state index contributed by atoms with van der Waals surface area (Å²) in [6.45, 7) is 6.10. The molecule has 0 spiro atoms. The van der Waals surface area contributed by atoms with Crippen LogP contribution in [0.5, 0.6) is 0 Å². The number of carbonyl (C=O) groups is 2. The molecule has 13 heteroatoms. The Kier molecular flexibility index (Phi) is 15.3. The largest absolute Gasteiger partial charge is 0.396 e. The van der Waals surface area contributed by atoms with E-state index in [1.165, 1.54) is 23.1 Å². The fourth-order valence-corrected chi connectivity index (χ4v) is 6.62. The predicted molar refractivity (Wildman–Crippen MR) is 184 cm³/mol. The summed E-state index contributed by atoms with van der Waals surface area (Å²) in [5.74, 6) is -2.67. The highest BCUT2D eigenvalue weighted by Gasteiger charge is 2.28. The Hall–Kier alpha value is -3.75. The van der Waals surface area contributed by atoms with Crippen molar-refractivity contribution in [2.24, 2.45) is 5.73 Å². The molecule has 0 saturated heterocycles. The summed E-state index contributed by atoms with van der Waals surface area (Å²) in [6.07, 6.45) is 0.810. The fraction of sp³-hybridized carbons (Fsp3) is 0.444. The molecule has 0 aromatic heterocycles. The zero-order valence-electron chi connectivity index (χ0n) is 28.4. The van der Waals surface area contributed by atoms with E-state index in [0.717, 1.165) is 35.7 Å². The maximum atomic E-state index is 14.3. The van der Waals surface area contributed by atoms with Gasteiger partial charge in [0, 0.05) is 62.6 Å². The monoisotopic (exact) mass is 702 g/mol. The summed E-state index contributed by atoms with van der Waals surface area (Å²) in [6, 6.07) is 13.2. The van der Waals surface area contributed by atoms with Gasteiger partial charge in [0.1, 0.15) is 11.6 Å². The number of hydrogen-bond donors (Lipinski definition) is 4. The van der Waals surface area contributed by atoms with Crippen LogP contribution in [-0.4, -0.2) is 85.2 Å². The topological polar surface area (TPSA) is 153 Å². The highest BCUT2D eigenvalue weighted by molar-refractivity contribution is 7.89. The van der Waals surface area contributed by atoms with Crippen LogP contribution in [0.4, 0.5) is 8.78 Å². The molecular formula is C36H48F2N4O6S. The van der Waals surface area contributed by atoms with Gasteiger partial charge in [0.05, 0.1) is 11.0 Å². The molecule has 3 rings (SSSR count). The van der Waals surface area contributed by atoms with E-state index in [1.54, 1.807) is 4.90 Å². The van der Waals surface area contributed by atoms with Crippen molar-refractivity contribution in [3.05, 3.63) is 100 Å². The average molecular weight is 703 g/mol. The van der Waals surface area contributed by atoms with Crippen LogP contribution < -0.4 is 10.5 Å². The third kappa shape index (κ3) is 11.7. The molecule has 49 heavy (non-hydrogen) atoms. The van der Waals surface area contributed by atoms with Gasteiger partial charge in [-0.25, -0.2) is 21.9 Å². The summed E-state index contributed by atoms with van der Waals surface area (Å²) < 4.78 is 56.8. The van der Waals surface area contributed by atoms with Crippen molar-refractivity contribution < 1.29 is 37.0 Å². The first-order valence-corrected chi connectivity index (χ1v) is 18.1. The fourth-order valence-electron chi connectivity index (χ4n) is 5.48. The van der Waals surface area contributed by atoms with Crippen molar-refractivity contribution in [2.45, 2.75) is 76.5 Å². The third-order valence-corrected chi connectivity index (χ3v) is 9.41. The van der Waals surface area contributed by atoms with Crippen molar-refractivity contribution in [2.75, 3.05) is 32.8 Å². The van der Waals surface area contributed by atoms with Gasteiger partial charge >= 0.3 is 0 Å². The molecule has 0 unspecified atom stereocenters. The zero-order valence-corrected chi connectivity index (χ0v) is 29.2. The lowest BCUT2D eigenvalue weighted by molar-refractivity contribution is 0.0554. The number of aliphatic hydroxyl groups excluding tert-OH is 2. The van der Waals surface area contributed by atoms with Crippen LogP contribution in [0.3, 0.4) is 0 Å². The molecule has 0 radical (unpaired) electrons. The number of carbonyl (C=O) groups excluding carboxylic acids is 2. The van der Waals surface area contributed by atoms with Gasteiger partial charge in [-0.15, -0.1) is 0 Å². The Morgan fingerprint density at radius 2 is 1.45 bits per heavy atom. The molecule has 0 aliphatic carbocycles. The first-order valence-electron chi connectivity index (χ1n) is 16.6. The number of nitrogens with two attached hydrogens (primary N) is 1. The quantitative estimate of drug-likeness (QED) is 0.138. The Bertz CT molecular complexity index is 1650. The number of rotatable bonds is 19. The zero-order chi connectivity index (χ0) is 36.1. The van der Waals surface area contributed by atoms with E-state index < -0.39 is 45.6 Å². The second-order valence-corrected chi connectivity index (χ2v) is 13.9. The van der Waals surface area contributed by atoms with E-state index in [0.29, 0.717) is 25.9 Å². The molecule has 0 aliphatic rings. The highest BCUT2D eigenvalue weighted by Crippen LogP contribution is 2.22. The maximum absolute atomic E-state index is 14.3. The molecule has 0 heterocycles. The van der Waals surface area contributed by atoms with Gasteiger partial charge in [-0.1, -0.05) is 45.0 Å². The average Bonchev–Trinajstić information content (AvgIpc) is 3.06. The van der Waals surface area contributed by atoms with Crippen molar-refractivity contribution in [3.8, 4) is 0 Å². The number of halogens is 2. The van der Waals surface area contributed by atoms with Gasteiger partial charge in [0.25, 0.3) is 11.8 Å². The van der Waals surface area contributed by atoms with Crippen LogP contribution in [0.1, 0.15) is 77.4 Å². The van der Waals surface area contributed by atoms with Crippen LogP contribution >= 0.6 is 0 Å². The van der Waals surface area contributed by atoms with Crippen LogP contribution in [-0.2, 0) is 29.4 Å². The standard InChI is InChI=1S/C36H48F2N4O6S/c1-4-12-41(13-5-2)35(45)28-19-29(21-32(20-28)49(47,48)40-11-8-14-43)36(46)42(23-26-10-7-9-25(6-3)15-26)24-34(44)33(39)18-27-16-30(37)22-31(38)17-27/h7,9-10,15-17,19-22,33-34,40,43-44H,4-6,8,11-14,18,23-24,39H2,1-3H3/t33-,34+/m0/s1. The number of hydrogen-bond acceptors (Lipinski definition) is 7. The minimum absolute atomic E-state index is 0.00796. The number of aliphatic hydroxyl groups is 2. The number of benzene rings is 3. The van der Waals surface area contributed by atoms with E-state index in [4.69, 9.17) is 10.8 Å². The van der Waals surface area contributed by atoms with Gasteiger partial charge < -0.3 is 25.7 Å². The minimum Gasteiger partial charge on any atom is -0.396 e. The summed E-state index contributed by atoms with van der Waals surface area (Å²) in [5.41, 5.74) is 8.18. The first kappa shape index (κ1) is 39.7. The summed E-state index contributed by atoms with van der Waals surface area (Å²) in [7, 11) is -4.20. The Morgan fingerprint density at radius 1 is 0.857 bits per heavy atom. The second kappa shape index (κ2) is 18.9. The molecule has 0 aliphatic heterocycles. The molecule has 3 aromatic rings. The van der Waals surface area contributed by atoms with Gasteiger partial charge in [-0.05, 0) is 79.1 Å². The van der Waals surface area contributed by atoms with E-state index in [-0.39, 0.29) is 60.7 Å². The van der Waals surface area contributed by atoms with E-state index in [1.807, 2.05) is 45.0 Å². The lowest BCUT2D eigenvalue weighted by atomic mass is 10.0. The smallest absolute Gasteiger partial charge is 0.254 e. The highest BCUT2D eigenvalue weighted by atomic mass is 32.2. The first-order chi connectivity index (χ1) is 23.3. The number of sulfonamides is 1. The van der Waals surface area contributed by atoms with Crippen LogP contribution in [0.25, 0.3) is 0 Å². The van der Waals surface area contributed by atoms with Crippen molar-refractivity contribution in [3.63, 3.8) is 0 Å². The molecule has 2 atom stereocenters. The van der Waals surface area contributed by atoms with Crippen molar-refractivity contribution in [1.29, 1.82) is 0 Å². The molecule has 0 saturated carbocycles. The molecule has 268 valence electrons. The third-order valence-electron chi connectivity index (χ3n) is 7.97. The summed E-state index contributed by atoms with van der Waals surface area (Å²) in [5, 5.41) is 20.4. The molecule has 0 fully saturated rings. The molecule has 5 N–H and O–H groups in total. The number of aryl methyl sites for hydroxylation is 1. The van der Waals surface area contributed by atoms with Gasteiger partial charge in [-0.3, -0.25) is 9.59 Å². The molecule has 0 bridgehead atoms. The van der Waals surface area contributed by atoms with Gasteiger partial charge in [-0.2, -0.15) is 0 Å². The minimum atomic E-state index is -4.20. The Morgan fingerprint density at radius 3 is 2.02 bits per heavy atom. The number of nitrogens with one attached hydrogen (secondary N) is 1. The number of amides is 2. The van der Waals surface area contributed by atoms with Crippen LogP contribution in [0.15, 0.2) is 65.6 Å². The molecule has 10 nitrogen and oxygen atoms in total. The normalized spacial score (nSPS) is 12.8. The Labute approximate surface area is 288 Å². The summed E-state index contributed by atoms with van der Waals surface area (Å²) in [4.78, 5) is 30.7. The van der Waals surface area contributed by atoms with Crippen molar-refractivity contribution in [1.82, 2.24) is 14.5 Å². The van der Waals surface area contributed by atoms with Crippen LogP contribution in [0.2, 0.25) is 0 Å². The lowest BCUT2D eigenvalue weighted by Gasteiger charge is -2.29. The molecule has 3 aromatic carbocycles. The number of nitrogens with zero attached hydrogens (tertiary/aromatic N) is 2. The van der Waals surface area contributed by atoms with Crippen LogP contribution in [0, 0.1) is 11.6 Å². The Balaban J connectivity index is 2.07. The van der Waals surface area contributed by atoms with E-state index in [9.17, 15) is 31.9 Å². The lowest BCUT2D eigenvalue weighted by Crippen LogP contribution is -2.46. The van der Waals surface area contributed by atoms with Crippen molar-refractivity contribution >= 4 is 21.8 Å². The van der Waals surface area contributed by atoms with E-state index in [2.05, 4.69) is 4.72 Å². The maximum Gasteiger partial charge on any atom is 0.254 e.